The van der Waals surface area contributed by atoms with E-state index in [1.807, 2.05) is 13.8 Å². The number of imide groups is 1. The van der Waals surface area contributed by atoms with E-state index in [1.54, 1.807) is 20.8 Å². The molecular weight excluding hydrogens is 274 g/mol. The van der Waals surface area contributed by atoms with Gasteiger partial charge in [-0.15, -0.1) is 0 Å². The van der Waals surface area contributed by atoms with Crippen LogP contribution in [-0.2, 0) is 14.3 Å². The number of carbonyl (C=O) groups excluding carboxylic acids is 3. The largest absolute Gasteiger partial charge is 0.443 e. The first-order chi connectivity index (χ1) is 9.62. The molecule has 2 rings (SSSR count). The molecule has 1 unspecified atom stereocenters. The standard InChI is InChI=1S/C14H23N3O4/c1-6-15-9-8(2)14(16-10(9)18)7-17(11(14)19)12(20)21-13(3,4)5/h8-9,15H,6-7H2,1-5H3,(H,16,18)/t8-,9+,14?/m1/s1. The minimum absolute atomic E-state index is 0.162. The van der Waals surface area contributed by atoms with Crippen LogP contribution in [-0.4, -0.2) is 53.1 Å². The van der Waals surface area contributed by atoms with Gasteiger partial charge >= 0.3 is 6.09 Å². The van der Waals surface area contributed by atoms with E-state index in [0.29, 0.717) is 6.54 Å². The fraction of sp³-hybridized carbons (Fsp3) is 0.786. The van der Waals surface area contributed by atoms with E-state index in [-0.39, 0.29) is 18.4 Å². The van der Waals surface area contributed by atoms with Gasteiger partial charge in [0.25, 0.3) is 5.91 Å². The summed E-state index contributed by atoms with van der Waals surface area (Å²) in [6.07, 6.45) is -0.661. The van der Waals surface area contributed by atoms with Gasteiger partial charge in [0, 0.05) is 5.92 Å². The van der Waals surface area contributed by atoms with Gasteiger partial charge in [0.2, 0.25) is 5.91 Å². The number of nitrogens with zero attached hydrogens (tertiary/aromatic N) is 1. The minimum Gasteiger partial charge on any atom is -0.443 e. The molecule has 2 aliphatic heterocycles. The van der Waals surface area contributed by atoms with Gasteiger partial charge in [-0.25, -0.2) is 9.69 Å². The number of carbonyl (C=O) groups is 3. The number of β-lactam (4-membered cyclic amide) rings is 1. The molecule has 3 atom stereocenters. The first kappa shape index (κ1) is 15.8. The van der Waals surface area contributed by atoms with Crippen molar-refractivity contribution in [2.45, 2.75) is 51.8 Å². The summed E-state index contributed by atoms with van der Waals surface area (Å²) < 4.78 is 5.19. The quantitative estimate of drug-likeness (QED) is 0.713. The van der Waals surface area contributed by atoms with Crippen molar-refractivity contribution in [3.63, 3.8) is 0 Å². The first-order valence-corrected chi connectivity index (χ1v) is 7.22. The summed E-state index contributed by atoms with van der Waals surface area (Å²) >= 11 is 0. The monoisotopic (exact) mass is 297 g/mol. The van der Waals surface area contributed by atoms with Crippen molar-refractivity contribution in [2.24, 2.45) is 5.92 Å². The molecule has 2 aliphatic rings. The predicted molar refractivity (Wildman–Crippen MR) is 75.4 cm³/mol. The van der Waals surface area contributed by atoms with Gasteiger partial charge in [0.1, 0.15) is 11.1 Å². The van der Waals surface area contributed by atoms with E-state index >= 15 is 0 Å². The summed E-state index contributed by atoms with van der Waals surface area (Å²) in [5.41, 5.74) is -1.63. The van der Waals surface area contributed by atoms with Crippen LogP contribution >= 0.6 is 0 Å². The topological polar surface area (TPSA) is 87.7 Å². The van der Waals surface area contributed by atoms with Crippen molar-refractivity contribution in [2.75, 3.05) is 13.1 Å². The van der Waals surface area contributed by atoms with Crippen LogP contribution in [0, 0.1) is 5.92 Å². The minimum atomic E-state index is -0.971. The summed E-state index contributed by atoms with van der Waals surface area (Å²) in [5, 5.41) is 5.82. The second kappa shape index (κ2) is 4.98. The molecule has 3 amide bonds. The van der Waals surface area contributed by atoms with Gasteiger partial charge in [-0.3, -0.25) is 9.59 Å². The highest BCUT2D eigenvalue weighted by atomic mass is 16.6. The number of likely N-dealkylation sites (N-methyl/N-ethyl adjacent to an activating group) is 1. The van der Waals surface area contributed by atoms with Gasteiger partial charge in [0.15, 0.2) is 0 Å². The maximum Gasteiger partial charge on any atom is 0.417 e. The summed E-state index contributed by atoms with van der Waals surface area (Å²) in [6, 6.07) is -0.403. The Morgan fingerprint density at radius 3 is 2.57 bits per heavy atom. The number of nitrogens with one attached hydrogen (secondary N) is 2. The van der Waals surface area contributed by atoms with Crippen molar-refractivity contribution in [3.8, 4) is 0 Å². The van der Waals surface area contributed by atoms with E-state index in [1.165, 1.54) is 0 Å². The van der Waals surface area contributed by atoms with Crippen LogP contribution in [0.15, 0.2) is 0 Å². The fourth-order valence-corrected chi connectivity index (χ4v) is 2.85. The average Bonchev–Trinajstić information content (AvgIpc) is 2.60. The van der Waals surface area contributed by atoms with E-state index in [2.05, 4.69) is 10.6 Å². The second-order valence-corrected chi connectivity index (χ2v) is 6.66. The zero-order valence-electron chi connectivity index (χ0n) is 13.1. The molecule has 0 bridgehead atoms. The van der Waals surface area contributed by atoms with E-state index in [4.69, 9.17) is 4.74 Å². The van der Waals surface area contributed by atoms with Crippen molar-refractivity contribution in [3.05, 3.63) is 0 Å². The van der Waals surface area contributed by atoms with Crippen molar-refractivity contribution < 1.29 is 19.1 Å². The number of likely N-dealkylation sites (tertiary alicyclic amines) is 1. The molecule has 7 heteroatoms. The normalized spacial score (nSPS) is 32.1. The Kier molecular flexibility index (Phi) is 3.73. The third kappa shape index (κ3) is 2.50. The number of hydrogen-bond acceptors (Lipinski definition) is 5. The van der Waals surface area contributed by atoms with Gasteiger partial charge in [-0.1, -0.05) is 13.8 Å². The lowest BCUT2D eigenvalue weighted by Crippen LogP contribution is -2.75. The molecule has 2 N–H and O–H groups in total. The van der Waals surface area contributed by atoms with Crippen LogP contribution in [0.3, 0.4) is 0 Å². The van der Waals surface area contributed by atoms with Gasteiger partial charge < -0.3 is 15.4 Å². The lowest BCUT2D eigenvalue weighted by atomic mass is 9.77. The van der Waals surface area contributed by atoms with Crippen LogP contribution in [0.2, 0.25) is 0 Å². The highest BCUT2D eigenvalue weighted by Gasteiger charge is 2.65. The summed E-state index contributed by atoms with van der Waals surface area (Å²) in [7, 11) is 0. The van der Waals surface area contributed by atoms with Gasteiger partial charge in [0.05, 0.1) is 12.6 Å². The highest BCUT2D eigenvalue weighted by molar-refractivity contribution is 6.08. The molecular formula is C14H23N3O4. The summed E-state index contributed by atoms with van der Waals surface area (Å²) in [6.45, 7) is 9.78. The molecule has 0 aromatic heterocycles. The molecule has 0 radical (unpaired) electrons. The van der Waals surface area contributed by atoms with Crippen molar-refractivity contribution >= 4 is 17.9 Å². The van der Waals surface area contributed by atoms with Gasteiger partial charge in [-0.2, -0.15) is 0 Å². The molecule has 0 saturated carbocycles. The Hall–Kier alpha value is -1.63. The highest BCUT2D eigenvalue weighted by Crippen LogP contribution is 2.37. The number of rotatable bonds is 2. The zero-order chi connectivity index (χ0) is 16.0. The van der Waals surface area contributed by atoms with Gasteiger partial charge in [-0.05, 0) is 27.3 Å². The summed E-state index contributed by atoms with van der Waals surface area (Å²) in [4.78, 5) is 37.4. The van der Waals surface area contributed by atoms with Crippen molar-refractivity contribution in [1.82, 2.24) is 15.5 Å². The zero-order valence-corrected chi connectivity index (χ0v) is 13.1. The molecule has 2 heterocycles. The average molecular weight is 297 g/mol. The molecule has 2 saturated heterocycles. The fourth-order valence-electron chi connectivity index (χ4n) is 2.85. The lowest BCUT2D eigenvalue weighted by molar-refractivity contribution is -0.153. The van der Waals surface area contributed by atoms with E-state index in [0.717, 1.165) is 4.90 Å². The van der Waals surface area contributed by atoms with Crippen LogP contribution in [0.1, 0.15) is 34.6 Å². The Labute approximate surface area is 124 Å². The maximum absolute atomic E-state index is 12.4. The van der Waals surface area contributed by atoms with Crippen LogP contribution in [0.5, 0.6) is 0 Å². The summed E-state index contributed by atoms with van der Waals surface area (Å²) in [5.74, 6) is -0.796. The second-order valence-electron chi connectivity index (χ2n) is 6.66. The van der Waals surface area contributed by atoms with Crippen molar-refractivity contribution in [1.29, 1.82) is 0 Å². The molecule has 2 fully saturated rings. The molecule has 21 heavy (non-hydrogen) atoms. The molecule has 0 aromatic rings. The Morgan fingerprint density at radius 2 is 2.10 bits per heavy atom. The Balaban J connectivity index is 2.08. The molecule has 0 aromatic carbocycles. The van der Waals surface area contributed by atoms with E-state index in [9.17, 15) is 14.4 Å². The SMILES string of the molecule is CCN[C@@H]1C(=O)NC2(CN(C(=O)OC(C)(C)C)C2=O)[C@@H]1C. The first-order valence-electron chi connectivity index (χ1n) is 7.22. The van der Waals surface area contributed by atoms with E-state index < -0.39 is 29.2 Å². The molecule has 118 valence electrons. The van der Waals surface area contributed by atoms with Crippen LogP contribution in [0.4, 0.5) is 4.79 Å². The van der Waals surface area contributed by atoms with Crippen LogP contribution in [0.25, 0.3) is 0 Å². The number of amides is 3. The Morgan fingerprint density at radius 1 is 1.48 bits per heavy atom. The number of ether oxygens (including phenoxy) is 1. The third-order valence-corrected chi connectivity index (χ3v) is 3.98. The molecule has 0 aliphatic carbocycles. The Bertz CT molecular complexity index is 485. The molecule has 7 nitrogen and oxygen atoms in total. The maximum atomic E-state index is 12.4. The molecule has 1 spiro atoms. The number of hydrogen-bond donors (Lipinski definition) is 2. The third-order valence-electron chi connectivity index (χ3n) is 3.98. The lowest BCUT2D eigenvalue weighted by Gasteiger charge is -2.47. The predicted octanol–water partition coefficient (Wildman–Crippen LogP) is 0.247. The van der Waals surface area contributed by atoms with Crippen LogP contribution < -0.4 is 10.6 Å². The smallest absolute Gasteiger partial charge is 0.417 e.